The monoisotopic (exact) mass is 389 g/mol. The maximum atomic E-state index is 12.4. The van der Waals surface area contributed by atoms with E-state index in [4.69, 9.17) is 4.74 Å². The molecule has 2 N–H and O–H groups in total. The van der Waals surface area contributed by atoms with E-state index in [1.165, 1.54) is 0 Å². The van der Waals surface area contributed by atoms with Gasteiger partial charge in [0.1, 0.15) is 5.75 Å². The Kier molecular flexibility index (Phi) is 8.29. The summed E-state index contributed by atoms with van der Waals surface area (Å²) in [5.74, 6) is 0.344. The molecule has 7 heteroatoms. The Balaban J connectivity index is 1.90. The Morgan fingerprint density at radius 3 is 2.56 bits per heavy atom. The van der Waals surface area contributed by atoms with E-state index >= 15 is 0 Å². The second-order valence-electron chi connectivity index (χ2n) is 6.26. The van der Waals surface area contributed by atoms with Crippen molar-refractivity contribution in [3.63, 3.8) is 0 Å². The van der Waals surface area contributed by atoms with Gasteiger partial charge in [0, 0.05) is 4.88 Å². The number of ether oxygens (including phenoxy) is 1. The summed E-state index contributed by atoms with van der Waals surface area (Å²) in [6.07, 6.45) is 0.857. The first kappa shape index (κ1) is 20.9. The minimum Gasteiger partial charge on any atom is -0.495 e. The smallest absolute Gasteiger partial charge is 0.238 e. The molecule has 2 rings (SSSR count). The van der Waals surface area contributed by atoms with Gasteiger partial charge >= 0.3 is 0 Å². The minimum absolute atomic E-state index is 0.0385. The third kappa shape index (κ3) is 6.69. The average molecular weight is 390 g/mol. The summed E-state index contributed by atoms with van der Waals surface area (Å²) >= 11 is 1.61. The summed E-state index contributed by atoms with van der Waals surface area (Å²) < 4.78 is 5.25. The molecule has 1 aromatic carbocycles. The first-order chi connectivity index (χ1) is 13.0. The molecule has 0 spiro atoms. The van der Waals surface area contributed by atoms with Crippen molar-refractivity contribution in [2.75, 3.05) is 32.1 Å². The minimum atomic E-state index is -0.174. The zero-order valence-electron chi connectivity index (χ0n) is 16.0. The molecule has 1 aromatic heterocycles. The summed E-state index contributed by atoms with van der Waals surface area (Å²) in [5.41, 5.74) is 0.622. The summed E-state index contributed by atoms with van der Waals surface area (Å²) in [6.45, 7) is 4.98. The molecule has 0 saturated heterocycles. The zero-order valence-corrected chi connectivity index (χ0v) is 16.8. The molecule has 0 saturated carbocycles. The fraction of sp³-hybridized carbons (Fsp3) is 0.400. The van der Waals surface area contributed by atoms with E-state index in [1.54, 1.807) is 30.6 Å². The lowest BCUT2D eigenvalue weighted by Crippen LogP contribution is -2.42. The summed E-state index contributed by atoms with van der Waals surface area (Å²) in [6, 6.07) is 11.2. The third-order valence-electron chi connectivity index (χ3n) is 4.00. The quantitative estimate of drug-likeness (QED) is 0.654. The van der Waals surface area contributed by atoms with Crippen molar-refractivity contribution in [1.82, 2.24) is 10.2 Å². The Hall–Kier alpha value is -2.38. The van der Waals surface area contributed by atoms with Crippen LogP contribution in [0, 0.1) is 0 Å². The molecule has 2 amide bonds. The van der Waals surface area contributed by atoms with Gasteiger partial charge in [-0.15, -0.1) is 11.3 Å². The number of nitrogens with one attached hydrogen (secondary N) is 2. The average Bonchev–Trinajstić information content (AvgIpc) is 3.17. The first-order valence-corrected chi connectivity index (χ1v) is 9.89. The van der Waals surface area contributed by atoms with Crippen LogP contribution in [0.3, 0.4) is 0 Å². The van der Waals surface area contributed by atoms with Crippen LogP contribution < -0.4 is 15.4 Å². The largest absolute Gasteiger partial charge is 0.495 e. The van der Waals surface area contributed by atoms with Crippen molar-refractivity contribution in [2.24, 2.45) is 0 Å². The Labute approximate surface area is 164 Å². The molecule has 146 valence electrons. The number of benzene rings is 1. The van der Waals surface area contributed by atoms with Gasteiger partial charge in [0.25, 0.3) is 0 Å². The number of para-hydroxylation sites is 2. The second-order valence-corrected chi connectivity index (χ2v) is 7.24. The van der Waals surface area contributed by atoms with E-state index in [9.17, 15) is 9.59 Å². The molecule has 1 atom stereocenters. The van der Waals surface area contributed by atoms with Crippen molar-refractivity contribution in [3.8, 4) is 5.75 Å². The molecule has 0 fully saturated rings. The number of thiophene rings is 1. The van der Waals surface area contributed by atoms with E-state index in [-0.39, 0.29) is 30.9 Å². The van der Waals surface area contributed by atoms with E-state index < -0.39 is 0 Å². The highest BCUT2D eigenvalue weighted by atomic mass is 32.1. The van der Waals surface area contributed by atoms with Gasteiger partial charge in [0.05, 0.1) is 31.9 Å². The highest BCUT2D eigenvalue weighted by Crippen LogP contribution is 2.23. The molecule has 27 heavy (non-hydrogen) atoms. The number of nitrogens with zero attached hydrogens (tertiary/aromatic N) is 1. The Morgan fingerprint density at radius 1 is 1.15 bits per heavy atom. The van der Waals surface area contributed by atoms with Crippen LogP contribution >= 0.6 is 11.3 Å². The molecule has 2 aromatic rings. The number of carbonyl (C=O) groups is 2. The lowest BCUT2D eigenvalue weighted by Gasteiger charge is -2.22. The SMILES string of the molecule is CCCN(CC(=O)Nc1ccccc1OC)CC(=O)NC(C)c1cccs1. The summed E-state index contributed by atoms with van der Waals surface area (Å²) in [4.78, 5) is 27.8. The molecule has 0 aliphatic carbocycles. The Bertz CT molecular complexity index is 734. The molecule has 1 unspecified atom stereocenters. The predicted octanol–water partition coefficient (Wildman–Crippen LogP) is 3.28. The fourth-order valence-electron chi connectivity index (χ4n) is 2.77. The highest BCUT2D eigenvalue weighted by molar-refractivity contribution is 7.10. The van der Waals surface area contributed by atoms with Gasteiger partial charge in [-0.05, 0) is 43.5 Å². The number of amides is 2. The van der Waals surface area contributed by atoms with E-state index in [1.807, 2.05) is 48.4 Å². The van der Waals surface area contributed by atoms with Crippen LogP contribution in [-0.2, 0) is 9.59 Å². The highest BCUT2D eigenvalue weighted by Gasteiger charge is 2.17. The molecule has 6 nitrogen and oxygen atoms in total. The molecule has 0 bridgehead atoms. The molecular weight excluding hydrogens is 362 g/mol. The number of rotatable bonds is 10. The van der Waals surface area contributed by atoms with Crippen molar-refractivity contribution in [2.45, 2.75) is 26.3 Å². The Morgan fingerprint density at radius 2 is 1.89 bits per heavy atom. The van der Waals surface area contributed by atoms with Crippen LogP contribution in [0.5, 0.6) is 5.75 Å². The topological polar surface area (TPSA) is 70.7 Å². The molecule has 0 aliphatic heterocycles. The van der Waals surface area contributed by atoms with Gasteiger partial charge in [-0.3, -0.25) is 14.5 Å². The summed E-state index contributed by atoms with van der Waals surface area (Å²) in [7, 11) is 1.56. The fourth-order valence-corrected chi connectivity index (χ4v) is 3.50. The van der Waals surface area contributed by atoms with Crippen molar-refractivity contribution >= 4 is 28.8 Å². The second kappa shape index (κ2) is 10.7. The van der Waals surface area contributed by atoms with Gasteiger partial charge in [0.15, 0.2) is 0 Å². The van der Waals surface area contributed by atoms with Crippen LogP contribution in [0.1, 0.15) is 31.2 Å². The van der Waals surface area contributed by atoms with Gasteiger partial charge in [0.2, 0.25) is 11.8 Å². The third-order valence-corrected chi connectivity index (χ3v) is 5.06. The van der Waals surface area contributed by atoms with Gasteiger partial charge in [-0.25, -0.2) is 0 Å². The van der Waals surface area contributed by atoms with Gasteiger partial charge in [-0.2, -0.15) is 0 Å². The lowest BCUT2D eigenvalue weighted by atomic mass is 10.2. The lowest BCUT2D eigenvalue weighted by molar-refractivity contribution is -0.124. The van der Waals surface area contributed by atoms with E-state index in [0.29, 0.717) is 18.0 Å². The van der Waals surface area contributed by atoms with Crippen molar-refractivity contribution in [3.05, 3.63) is 46.7 Å². The van der Waals surface area contributed by atoms with Crippen LogP contribution in [0.4, 0.5) is 5.69 Å². The molecule has 0 aliphatic rings. The van der Waals surface area contributed by atoms with Gasteiger partial charge in [-0.1, -0.05) is 25.1 Å². The van der Waals surface area contributed by atoms with E-state index in [2.05, 4.69) is 10.6 Å². The van der Waals surface area contributed by atoms with E-state index in [0.717, 1.165) is 11.3 Å². The first-order valence-electron chi connectivity index (χ1n) is 9.01. The maximum Gasteiger partial charge on any atom is 0.238 e. The molecule has 0 radical (unpaired) electrons. The maximum absolute atomic E-state index is 12.4. The number of methoxy groups -OCH3 is 1. The molecular formula is C20H27N3O3S. The summed E-state index contributed by atoms with van der Waals surface area (Å²) in [5, 5.41) is 7.83. The number of anilines is 1. The zero-order chi connectivity index (χ0) is 19.6. The standard InChI is InChI=1S/C20H27N3O3S/c1-4-11-23(13-19(24)21-15(2)18-10-7-12-27-18)14-20(25)22-16-8-5-6-9-17(16)26-3/h5-10,12,15H,4,11,13-14H2,1-3H3,(H,21,24)(H,22,25). The van der Waals surface area contributed by atoms with Crippen LogP contribution in [-0.4, -0.2) is 43.5 Å². The van der Waals surface area contributed by atoms with Gasteiger partial charge < -0.3 is 15.4 Å². The number of hydrogen-bond acceptors (Lipinski definition) is 5. The molecule has 1 heterocycles. The van der Waals surface area contributed by atoms with Crippen LogP contribution in [0.2, 0.25) is 0 Å². The normalized spacial score (nSPS) is 11.9. The van der Waals surface area contributed by atoms with Crippen molar-refractivity contribution < 1.29 is 14.3 Å². The van der Waals surface area contributed by atoms with Crippen LogP contribution in [0.15, 0.2) is 41.8 Å². The van der Waals surface area contributed by atoms with Crippen molar-refractivity contribution in [1.29, 1.82) is 0 Å². The predicted molar refractivity (Wildman–Crippen MR) is 109 cm³/mol. The number of hydrogen-bond donors (Lipinski definition) is 2. The van der Waals surface area contributed by atoms with Crippen LogP contribution in [0.25, 0.3) is 0 Å². The number of carbonyl (C=O) groups excluding carboxylic acids is 2.